The van der Waals surface area contributed by atoms with Crippen LogP contribution in [0.25, 0.3) is 0 Å². The minimum atomic E-state index is -0.393. The van der Waals surface area contributed by atoms with Crippen LogP contribution in [-0.2, 0) is 6.42 Å². The van der Waals surface area contributed by atoms with E-state index in [9.17, 15) is 10.1 Å². The number of aromatic nitrogens is 2. The monoisotopic (exact) mass is 324 g/mol. The minimum absolute atomic E-state index is 0.0152. The van der Waals surface area contributed by atoms with Gasteiger partial charge in [0.1, 0.15) is 11.9 Å². The van der Waals surface area contributed by atoms with Crippen LogP contribution in [0.5, 0.6) is 0 Å². The summed E-state index contributed by atoms with van der Waals surface area (Å²) in [5.74, 6) is 1.67. The van der Waals surface area contributed by atoms with E-state index >= 15 is 0 Å². The van der Waals surface area contributed by atoms with Crippen molar-refractivity contribution in [1.29, 1.82) is 5.26 Å². The molecular weight excluding hydrogens is 300 g/mol. The number of nitrogens with zero attached hydrogens (tertiary/aromatic N) is 2. The van der Waals surface area contributed by atoms with Gasteiger partial charge in [0.2, 0.25) is 0 Å². The van der Waals surface area contributed by atoms with E-state index in [-0.39, 0.29) is 5.56 Å². The molecule has 0 saturated heterocycles. The highest BCUT2D eigenvalue weighted by atomic mass is 16.1. The maximum atomic E-state index is 12.2. The topological polar surface area (TPSA) is 81.6 Å². The molecule has 1 atom stereocenters. The van der Waals surface area contributed by atoms with Crippen molar-refractivity contribution < 1.29 is 0 Å². The van der Waals surface area contributed by atoms with Crippen LogP contribution >= 0.6 is 0 Å². The largest absolute Gasteiger partial charge is 0.339 e. The molecule has 0 spiro atoms. The summed E-state index contributed by atoms with van der Waals surface area (Å²) in [5, 5.41) is 12.5. The fourth-order valence-corrected chi connectivity index (χ4v) is 2.53. The molecule has 0 saturated carbocycles. The summed E-state index contributed by atoms with van der Waals surface area (Å²) in [6, 6.07) is 9.83. The van der Waals surface area contributed by atoms with E-state index in [1.54, 1.807) is 0 Å². The van der Waals surface area contributed by atoms with Gasteiger partial charge in [0.15, 0.2) is 11.4 Å². The molecule has 0 fully saturated rings. The number of para-hydroxylation sites is 1. The highest BCUT2D eigenvalue weighted by Crippen LogP contribution is 2.26. The highest BCUT2D eigenvalue weighted by molar-refractivity contribution is 5.65. The van der Waals surface area contributed by atoms with Crippen molar-refractivity contribution in [2.24, 2.45) is 5.92 Å². The van der Waals surface area contributed by atoms with E-state index < -0.39 is 5.56 Å². The molecule has 2 aromatic rings. The van der Waals surface area contributed by atoms with Gasteiger partial charge < -0.3 is 10.3 Å². The number of hydrogen-bond donors (Lipinski definition) is 2. The highest BCUT2D eigenvalue weighted by Gasteiger charge is 2.15. The molecule has 0 aliphatic rings. The van der Waals surface area contributed by atoms with E-state index in [1.807, 2.05) is 30.3 Å². The summed E-state index contributed by atoms with van der Waals surface area (Å²) in [6.07, 6.45) is 1.68. The number of aromatic amines is 1. The Labute approximate surface area is 142 Å². The predicted octanol–water partition coefficient (Wildman–Crippen LogP) is 4.10. The zero-order valence-corrected chi connectivity index (χ0v) is 14.7. The van der Waals surface area contributed by atoms with Gasteiger partial charge in [-0.3, -0.25) is 4.79 Å². The van der Waals surface area contributed by atoms with Crippen LogP contribution in [0.15, 0.2) is 29.1 Å². The third-order valence-electron chi connectivity index (χ3n) is 4.15. The second-order valence-corrected chi connectivity index (χ2v) is 6.43. The summed E-state index contributed by atoms with van der Waals surface area (Å²) in [5.41, 5.74) is 1.61. The van der Waals surface area contributed by atoms with Crippen LogP contribution < -0.4 is 10.9 Å². The van der Waals surface area contributed by atoms with E-state index in [4.69, 9.17) is 0 Å². The third-order valence-corrected chi connectivity index (χ3v) is 4.15. The molecule has 1 unspecified atom stereocenters. The lowest BCUT2D eigenvalue weighted by molar-refractivity contribution is 0.542. The van der Waals surface area contributed by atoms with E-state index in [1.165, 1.54) is 0 Å². The first-order valence-electron chi connectivity index (χ1n) is 8.35. The van der Waals surface area contributed by atoms with Crippen LogP contribution in [0.4, 0.5) is 11.5 Å². The normalized spacial score (nSPS) is 12.0. The zero-order chi connectivity index (χ0) is 17.7. The Morgan fingerprint density at radius 1 is 1.29 bits per heavy atom. The van der Waals surface area contributed by atoms with Gasteiger partial charge in [-0.25, -0.2) is 4.98 Å². The molecule has 0 radical (unpaired) electrons. The van der Waals surface area contributed by atoms with Gasteiger partial charge in [0.25, 0.3) is 5.56 Å². The number of anilines is 2. The molecule has 0 aliphatic heterocycles. The molecule has 5 heteroatoms. The van der Waals surface area contributed by atoms with Crippen molar-refractivity contribution in [2.75, 3.05) is 5.32 Å². The molecule has 0 bridgehead atoms. The number of rotatable bonds is 6. The predicted molar refractivity (Wildman–Crippen MR) is 96.5 cm³/mol. The van der Waals surface area contributed by atoms with Crippen LogP contribution in [0, 0.1) is 17.2 Å². The second kappa shape index (κ2) is 7.78. The summed E-state index contributed by atoms with van der Waals surface area (Å²) >= 11 is 0. The Morgan fingerprint density at radius 2 is 2.00 bits per heavy atom. The molecule has 2 N–H and O–H groups in total. The van der Waals surface area contributed by atoms with Crippen molar-refractivity contribution in [3.63, 3.8) is 0 Å². The number of nitriles is 1. The number of benzene rings is 1. The van der Waals surface area contributed by atoms with Gasteiger partial charge in [-0.2, -0.15) is 5.26 Å². The second-order valence-electron chi connectivity index (χ2n) is 6.43. The van der Waals surface area contributed by atoms with E-state index in [2.05, 4.69) is 43.0 Å². The van der Waals surface area contributed by atoms with Gasteiger partial charge in [0.05, 0.1) is 0 Å². The first kappa shape index (κ1) is 17.7. The minimum Gasteiger partial charge on any atom is -0.339 e. The van der Waals surface area contributed by atoms with Crippen molar-refractivity contribution in [3.05, 3.63) is 51.6 Å². The maximum Gasteiger partial charge on any atom is 0.271 e. The van der Waals surface area contributed by atoms with E-state index in [0.717, 1.165) is 17.7 Å². The molecule has 5 nitrogen and oxygen atoms in total. The summed E-state index contributed by atoms with van der Waals surface area (Å²) in [6.45, 7) is 8.42. The Hall–Kier alpha value is -2.61. The fraction of sp³-hybridized carbons (Fsp3) is 0.421. The Balaban J connectivity index is 2.46. The average molecular weight is 324 g/mol. The molecular formula is C19H24N4O. The summed E-state index contributed by atoms with van der Waals surface area (Å²) in [7, 11) is 0. The van der Waals surface area contributed by atoms with Crippen LogP contribution in [0.1, 0.15) is 57.0 Å². The van der Waals surface area contributed by atoms with Crippen molar-refractivity contribution in [3.8, 4) is 6.07 Å². The lowest BCUT2D eigenvalue weighted by Gasteiger charge is -2.15. The van der Waals surface area contributed by atoms with Crippen molar-refractivity contribution >= 4 is 11.5 Å². The van der Waals surface area contributed by atoms with Crippen molar-refractivity contribution in [2.45, 2.75) is 46.5 Å². The first-order chi connectivity index (χ1) is 11.5. The lowest BCUT2D eigenvalue weighted by Crippen LogP contribution is -2.19. The molecule has 1 aromatic carbocycles. The van der Waals surface area contributed by atoms with E-state index in [0.29, 0.717) is 29.9 Å². The molecule has 0 aliphatic carbocycles. The molecule has 2 rings (SSSR count). The molecule has 0 amide bonds. The Morgan fingerprint density at radius 3 is 2.62 bits per heavy atom. The van der Waals surface area contributed by atoms with Gasteiger partial charge >= 0.3 is 0 Å². The number of H-pyrrole nitrogens is 1. The number of nitrogens with one attached hydrogen (secondary N) is 2. The van der Waals surface area contributed by atoms with Gasteiger partial charge in [-0.1, -0.05) is 52.3 Å². The smallest absolute Gasteiger partial charge is 0.271 e. The molecule has 1 aromatic heterocycles. The van der Waals surface area contributed by atoms with Gasteiger partial charge in [0, 0.05) is 12.1 Å². The quantitative estimate of drug-likeness (QED) is 0.838. The number of hydrogen-bond acceptors (Lipinski definition) is 4. The third kappa shape index (κ3) is 4.02. The summed E-state index contributed by atoms with van der Waals surface area (Å²) < 4.78 is 0. The average Bonchev–Trinajstić information content (AvgIpc) is 2.55. The SMILES string of the molecule is CCC(C)Cc1nc(Nc2ccccc2C(C)C)c(C#N)c(=O)[nH]1. The lowest BCUT2D eigenvalue weighted by atomic mass is 10.0. The summed E-state index contributed by atoms with van der Waals surface area (Å²) in [4.78, 5) is 19.4. The molecule has 24 heavy (non-hydrogen) atoms. The van der Waals surface area contributed by atoms with Crippen LogP contribution in [0.2, 0.25) is 0 Å². The van der Waals surface area contributed by atoms with Gasteiger partial charge in [-0.15, -0.1) is 0 Å². The molecule has 126 valence electrons. The van der Waals surface area contributed by atoms with Crippen LogP contribution in [-0.4, -0.2) is 9.97 Å². The van der Waals surface area contributed by atoms with Crippen LogP contribution in [0.3, 0.4) is 0 Å². The van der Waals surface area contributed by atoms with Gasteiger partial charge in [-0.05, 0) is 23.5 Å². The molecule has 1 heterocycles. The zero-order valence-electron chi connectivity index (χ0n) is 14.7. The fourth-order valence-electron chi connectivity index (χ4n) is 2.53. The first-order valence-corrected chi connectivity index (χ1v) is 8.35. The maximum absolute atomic E-state index is 12.2. The Kier molecular flexibility index (Phi) is 5.75. The van der Waals surface area contributed by atoms with Crippen molar-refractivity contribution in [1.82, 2.24) is 9.97 Å². The standard InChI is InChI=1S/C19H24N4O/c1-5-13(4)10-17-22-18(15(11-20)19(24)23-17)21-16-9-7-6-8-14(16)12(2)3/h6-9,12-13H,5,10H2,1-4H3,(H2,21,22,23,24). The Bertz CT molecular complexity index is 802.